The molecule has 140 valence electrons. The lowest BCUT2D eigenvalue weighted by Gasteiger charge is -2.25. The molecule has 0 bridgehead atoms. The van der Waals surface area contributed by atoms with Gasteiger partial charge in [0.15, 0.2) is 0 Å². The summed E-state index contributed by atoms with van der Waals surface area (Å²) >= 11 is 8.03. The number of sulfonamides is 1. The standard InChI is InChI=1S/C18H16ClN3O3S2/c19-16-7-6-14(27(23,24)22-8-10-26-11-9-22)12-15(16)18-21-20-17(25-18)13-4-2-1-3-5-13/h1-7,12H,8-11H2. The zero-order valence-corrected chi connectivity index (χ0v) is 16.6. The zero-order chi connectivity index (χ0) is 18.9. The lowest BCUT2D eigenvalue weighted by atomic mass is 10.2. The van der Waals surface area contributed by atoms with Crippen LogP contribution in [-0.2, 0) is 10.0 Å². The van der Waals surface area contributed by atoms with E-state index in [0.29, 0.717) is 29.6 Å². The molecule has 1 aliphatic rings. The van der Waals surface area contributed by atoms with Gasteiger partial charge in [0.1, 0.15) is 0 Å². The number of benzene rings is 2. The van der Waals surface area contributed by atoms with Gasteiger partial charge in [0.25, 0.3) is 0 Å². The fourth-order valence-corrected chi connectivity index (χ4v) is 5.60. The van der Waals surface area contributed by atoms with Crippen LogP contribution in [0.15, 0.2) is 57.8 Å². The van der Waals surface area contributed by atoms with Crippen LogP contribution in [0.4, 0.5) is 0 Å². The van der Waals surface area contributed by atoms with Crippen LogP contribution >= 0.6 is 23.4 Å². The molecule has 0 radical (unpaired) electrons. The third-order valence-electron chi connectivity index (χ3n) is 4.22. The van der Waals surface area contributed by atoms with E-state index in [0.717, 1.165) is 17.1 Å². The Morgan fingerprint density at radius 2 is 1.70 bits per heavy atom. The monoisotopic (exact) mass is 421 g/mol. The quantitative estimate of drug-likeness (QED) is 0.637. The average Bonchev–Trinajstić information content (AvgIpc) is 3.19. The van der Waals surface area contributed by atoms with Crippen LogP contribution in [0.3, 0.4) is 0 Å². The Labute approximate surface area is 166 Å². The van der Waals surface area contributed by atoms with Gasteiger partial charge in [-0.2, -0.15) is 16.1 Å². The minimum Gasteiger partial charge on any atom is -0.416 e. The highest BCUT2D eigenvalue weighted by atomic mass is 35.5. The maximum atomic E-state index is 12.9. The maximum absolute atomic E-state index is 12.9. The number of hydrogen-bond acceptors (Lipinski definition) is 6. The van der Waals surface area contributed by atoms with Gasteiger partial charge < -0.3 is 4.42 Å². The van der Waals surface area contributed by atoms with E-state index in [1.165, 1.54) is 16.4 Å². The normalized spacial score (nSPS) is 15.7. The topological polar surface area (TPSA) is 76.3 Å². The second-order valence-electron chi connectivity index (χ2n) is 5.94. The fraction of sp³-hybridized carbons (Fsp3) is 0.222. The van der Waals surface area contributed by atoms with Crippen LogP contribution in [-0.4, -0.2) is 47.5 Å². The number of halogens is 1. The first-order chi connectivity index (χ1) is 13.1. The Kier molecular flexibility index (Phi) is 5.23. The summed E-state index contributed by atoms with van der Waals surface area (Å²) in [5.41, 5.74) is 1.18. The van der Waals surface area contributed by atoms with Gasteiger partial charge in [-0.1, -0.05) is 29.8 Å². The molecule has 0 atom stereocenters. The number of hydrogen-bond donors (Lipinski definition) is 0. The molecule has 1 aliphatic heterocycles. The minimum absolute atomic E-state index is 0.174. The molecule has 27 heavy (non-hydrogen) atoms. The van der Waals surface area contributed by atoms with Crippen molar-refractivity contribution in [2.45, 2.75) is 4.90 Å². The summed E-state index contributed by atoms with van der Waals surface area (Å²) in [6.45, 7) is 1.01. The zero-order valence-electron chi connectivity index (χ0n) is 14.2. The summed E-state index contributed by atoms with van der Waals surface area (Å²) in [4.78, 5) is 0.174. The minimum atomic E-state index is -3.58. The Bertz CT molecular complexity index is 1050. The number of rotatable bonds is 4. The highest BCUT2D eigenvalue weighted by molar-refractivity contribution is 7.99. The Balaban J connectivity index is 1.70. The fourth-order valence-electron chi connectivity index (χ4n) is 2.79. The molecule has 0 N–H and O–H groups in total. The van der Waals surface area contributed by atoms with Crippen LogP contribution in [0, 0.1) is 0 Å². The van der Waals surface area contributed by atoms with Crippen molar-refractivity contribution in [1.82, 2.24) is 14.5 Å². The summed E-state index contributed by atoms with van der Waals surface area (Å²) in [5.74, 6) is 2.13. The molecule has 4 rings (SSSR count). The molecule has 1 aromatic heterocycles. The van der Waals surface area contributed by atoms with Crippen LogP contribution in [0.2, 0.25) is 5.02 Å². The second-order valence-corrected chi connectivity index (χ2v) is 9.51. The van der Waals surface area contributed by atoms with E-state index in [9.17, 15) is 8.42 Å². The molecule has 6 nitrogen and oxygen atoms in total. The van der Waals surface area contributed by atoms with Crippen molar-refractivity contribution in [2.24, 2.45) is 0 Å². The van der Waals surface area contributed by atoms with E-state index in [2.05, 4.69) is 10.2 Å². The first-order valence-corrected chi connectivity index (χ1v) is 11.3. The molecule has 0 saturated carbocycles. The molecule has 2 aromatic carbocycles. The number of aromatic nitrogens is 2. The molecule has 9 heteroatoms. The van der Waals surface area contributed by atoms with Crippen molar-refractivity contribution >= 4 is 33.4 Å². The van der Waals surface area contributed by atoms with Gasteiger partial charge in [-0.25, -0.2) is 8.42 Å². The SMILES string of the molecule is O=S(=O)(c1ccc(Cl)c(-c2nnc(-c3ccccc3)o2)c1)N1CCSCC1. The van der Waals surface area contributed by atoms with Gasteiger partial charge >= 0.3 is 0 Å². The Hall–Kier alpha value is -1.87. The highest BCUT2D eigenvalue weighted by Gasteiger charge is 2.27. The predicted molar refractivity (Wildman–Crippen MR) is 106 cm³/mol. The van der Waals surface area contributed by atoms with Gasteiger partial charge in [-0.05, 0) is 30.3 Å². The third-order valence-corrected chi connectivity index (χ3v) is 7.39. The molecule has 1 fully saturated rings. The van der Waals surface area contributed by atoms with E-state index < -0.39 is 10.0 Å². The molecule has 3 aromatic rings. The van der Waals surface area contributed by atoms with Crippen LogP contribution in [0.25, 0.3) is 22.9 Å². The van der Waals surface area contributed by atoms with Crippen molar-refractivity contribution in [2.75, 3.05) is 24.6 Å². The Morgan fingerprint density at radius 3 is 2.44 bits per heavy atom. The van der Waals surface area contributed by atoms with Gasteiger partial charge in [0.05, 0.1) is 15.5 Å². The van der Waals surface area contributed by atoms with E-state index in [1.807, 2.05) is 30.3 Å². The van der Waals surface area contributed by atoms with E-state index in [-0.39, 0.29) is 10.8 Å². The average molecular weight is 422 g/mol. The lowest BCUT2D eigenvalue weighted by Crippen LogP contribution is -2.37. The molecule has 1 saturated heterocycles. The lowest BCUT2D eigenvalue weighted by molar-refractivity contribution is 0.443. The molecule has 0 amide bonds. The van der Waals surface area contributed by atoms with Crippen molar-refractivity contribution in [1.29, 1.82) is 0 Å². The van der Waals surface area contributed by atoms with Crippen molar-refractivity contribution in [3.8, 4) is 22.9 Å². The van der Waals surface area contributed by atoms with Gasteiger partial charge in [0.2, 0.25) is 21.8 Å². The van der Waals surface area contributed by atoms with Crippen molar-refractivity contribution in [3.05, 3.63) is 53.6 Å². The molecule has 2 heterocycles. The smallest absolute Gasteiger partial charge is 0.249 e. The largest absolute Gasteiger partial charge is 0.416 e. The van der Waals surface area contributed by atoms with Gasteiger partial charge in [-0.3, -0.25) is 0 Å². The summed E-state index contributed by atoms with van der Waals surface area (Å²) < 4.78 is 33.1. The van der Waals surface area contributed by atoms with Crippen LogP contribution in [0.1, 0.15) is 0 Å². The summed E-state index contributed by atoms with van der Waals surface area (Å²) in [5, 5.41) is 8.45. The van der Waals surface area contributed by atoms with Gasteiger partial charge in [-0.15, -0.1) is 10.2 Å². The first kappa shape index (κ1) is 18.5. The van der Waals surface area contributed by atoms with Gasteiger partial charge in [0, 0.05) is 30.2 Å². The van der Waals surface area contributed by atoms with E-state index in [1.54, 1.807) is 17.8 Å². The Morgan fingerprint density at radius 1 is 1.00 bits per heavy atom. The highest BCUT2D eigenvalue weighted by Crippen LogP contribution is 2.32. The third kappa shape index (κ3) is 3.75. The van der Waals surface area contributed by atoms with E-state index in [4.69, 9.17) is 16.0 Å². The molecule has 0 unspecified atom stereocenters. The molecule has 0 aliphatic carbocycles. The molecular formula is C18H16ClN3O3S2. The van der Waals surface area contributed by atoms with Crippen LogP contribution < -0.4 is 0 Å². The summed E-state index contributed by atoms with van der Waals surface area (Å²) in [6.07, 6.45) is 0. The van der Waals surface area contributed by atoms with Crippen molar-refractivity contribution < 1.29 is 12.8 Å². The molecular weight excluding hydrogens is 406 g/mol. The van der Waals surface area contributed by atoms with E-state index >= 15 is 0 Å². The number of nitrogens with zero attached hydrogens (tertiary/aromatic N) is 3. The molecule has 0 spiro atoms. The van der Waals surface area contributed by atoms with Crippen molar-refractivity contribution in [3.63, 3.8) is 0 Å². The maximum Gasteiger partial charge on any atom is 0.249 e. The summed E-state index contributed by atoms with van der Waals surface area (Å²) in [7, 11) is -3.58. The number of thioether (sulfide) groups is 1. The summed E-state index contributed by atoms with van der Waals surface area (Å²) in [6, 6.07) is 13.9. The van der Waals surface area contributed by atoms with Crippen LogP contribution in [0.5, 0.6) is 0 Å². The first-order valence-electron chi connectivity index (χ1n) is 8.32. The second kappa shape index (κ2) is 7.63. The predicted octanol–water partition coefficient (Wildman–Crippen LogP) is 3.79.